The average molecular weight is 534 g/mol. The summed E-state index contributed by atoms with van der Waals surface area (Å²) in [7, 11) is 0. The number of hydrogen-bond acceptors (Lipinski definition) is 8. The van der Waals surface area contributed by atoms with E-state index in [2.05, 4.69) is 15.0 Å². The van der Waals surface area contributed by atoms with Crippen molar-refractivity contribution in [1.82, 2.24) is 29.4 Å². The van der Waals surface area contributed by atoms with E-state index in [0.29, 0.717) is 29.0 Å². The first kappa shape index (κ1) is 24.8. The van der Waals surface area contributed by atoms with Gasteiger partial charge in [-0.15, -0.1) is 11.8 Å². The Morgan fingerprint density at radius 3 is 2.50 bits per heavy atom. The number of piperidine rings is 1. The van der Waals surface area contributed by atoms with E-state index in [9.17, 15) is 14.4 Å². The number of carbonyl (C=O) groups is 3. The van der Waals surface area contributed by atoms with E-state index in [1.165, 1.54) is 11.4 Å². The number of pyridine rings is 1. The van der Waals surface area contributed by atoms with Crippen molar-refractivity contribution in [3.8, 4) is 11.1 Å². The Morgan fingerprint density at radius 2 is 1.89 bits per heavy atom. The first-order chi connectivity index (χ1) is 18.4. The molecule has 3 atom stereocenters. The Morgan fingerprint density at radius 1 is 1.13 bits per heavy atom. The van der Waals surface area contributed by atoms with Gasteiger partial charge in [-0.3, -0.25) is 14.6 Å². The maximum atomic E-state index is 13.3. The molecular weight excluding hydrogens is 502 g/mol. The summed E-state index contributed by atoms with van der Waals surface area (Å²) in [6.07, 6.45) is 7.15. The van der Waals surface area contributed by atoms with Crippen molar-refractivity contribution >= 4 is 40.8 Å². The molecule has 0 aliphatic carbocycles. The van der Waals surface area contributed by atoms with Crippen LogP contribution < -0.4 is 5.73 Å². The molecule has 11 heteroatoms. The van der Waals surface area contributed by atoms with Crippen LogP contribution in [0.3, 0.4) is 0 Å². The fraction of sp³-hybridized carbons (Fsp3) is 0.481. The summed E-state index contributed by atoms with van der Waals surface area (Å²) in [6, 6.07) is 3.96. The van der Waals surface area contributed by atoms with Crippen LogP contribution in [0.15, 0.2) is 24.5 Å². The lowest BCUT2D eigenvalue weighted by atomic mass is 9.85. The lowest BCUT2D eigenvalue weighted by Gasteiger charge is -2.40. The maximum Gasteiger partial charge on any atom is 0.321 e. The highest BCUT2D eigenvalue weighted by Crippen LogP contribution is 2.45. The van der Waals surface area contributed by atoms with Gasteiger partial charge in [-0.05, 0) is 38.7 Å². The van der Waals surface area contributed by atoms with Crippen LogP contribution in [-0.4, -0.2) is 77.2 Å². The number of Topliss-reactive ketones (excluding diaryl/α,β-unsaturated/α-hetero) is 2. The van der Waals surface area contributed by atoms with E-state index < -0.39 is 0 Å². The van der Waals surface area contributed by atoms with Crippen LogP contribution in [0, 0.1) is 0 Å². The van der Waals surface area contributed by atoms with Crippen LogP contribution >= 0.6 is 11.8 Å². The molecule has 0 spiro atoms. The normalized spacial score (nSPS) is 22.8. The second-order valence-electron chi connectivity index (χ2n) is 10.4. The van der Waals surface area contributed by atoms with Crippen molar-refractivity contribution in [3.05, 3.63) is 41.5 Å². The van der Waals surface area contributed by atoms with Crippen molar-refractivity contribution < 1.29 is 14.4 Å². The molecule has 0 radical (unpaired) electrons. The molecule has 38 heavy (non-hydrogen) atoms. The predicted octanol–water partition coefficient (Wildman–Crippen LogP) is 4.01. The Hall–Kier alpha value is -3.47. The van der Waals surface area contributed by atoms with Crippen LogP contribution in [0.25, 0.3) is 16.8 Å². The number of aromatic nitrogens is 4. The molecule has 3 aliphatic heterocycles. The van der Waals surface area contributed by atoms with Crippen molar-refractivity contribution in [1.29, 1.82) is 0 Å². The van der Waals surface area contributed by atoms with Gasteiger partial charge in [-0.25, -0.2) is 9.78 Å². The molecule has 6 rings (SSSR count). The Labute approximate surface area is 225 Å². The van der Waals surface area contributed by atoms with Gasteiger partial charge in [0.2, 0.25) is 0 Å². The van der Waals surface area contributed by atoms with Crippen molar-refractivity contribution in [2.45, 2.75) is 64.0 Å². The molecule has 1 unspecified atom stereocenters. The molecule has 6 heterocycles. The van der Waals surface area contributed by atoms with Crippen LogP contribution in [0.5, 0.6) is 0 Å². The number of hydrogen-bond donors (Lipinski definition) is 1. The third kappa shape index (κ3) is 4.03. The average Bonchev–Trinajstić information content (AvgIpc) is 3.66. The van der Waals surface area contributed by atoms with Gasteiger partial charge < -0.3 is 15.5 Å². The number of carbonyl (C=O) groups excluding carboxylic acids is 3. The molecule has 3 aromatic rings. The molecule has 3 saturated heterocycles. The molecular formula is C27H31N7O3S. The van der Waals surface area contributed by atoms with Crippen molar-refractivity contribution in [3.63, 3.8) is 0 Å². The number of amides is 2. The number of fused-ring (bicyclic) bond motifs is 3. The standard InChI is InChI=1S/C27H31N7O3S/c1-3-22(36)21-7-4-16(12-29-21)20-13-30-34-25(28)23(15(2)35)24(31-26(20)34)17-10-18-5-6-19(11-17)33(18)27(37)32-8-9-38-14-32/h4,7,12-13,17-19H,3,5-6,8-11,14,28H2,1-2H3/t17?,18-,19+. The summed E-state index contributed by atoms with van der Waals surface area (Å²) < 4.78 is 1.51. The second-order valence-corrected chi connectivity index (χ2v) is 11.4. The molecule has 0 aromatic carbocycles. The van der Waals surface area contributed by atoms with E-state index in [-0.39, 0.29) is 41.4 Å². The van der Waals surface area contributed by atoms with Gasteiger partial charge in [0.05, 0.1) is 23.3 Å². The quantitative estimate of drug-likeness (QED) is 0.488. The third-order valence-corrected chi connectivity index (χ3v) is 9.07. The number of nitrogens with two attached hydrogens (primary N) is 1. The smallest absolute Gasteiger partial charge is 0.321 e. The lowest BCUT2D eigenvalue weighted by molar-refractivity contribution is 0.0981. The number of anilines is 1. The molecule has 3 aromatic heterocycles. The van der Waals surface area contributed by atoms with Gasteiger partial charge in [0.25, 0.3) is 0 Å². The predicted molar refractivity (Wildman–Crippen MR) is 145 cm³/mol. The zero-order valence-electron chi connectivity index (χ0n) is 21.6. The number of urea groups is 1. The molecule has 0 saturated carbocycles. The molecule has 2 N–H and O–H groups in total. The zero-order chi connectivity index (χ0) is 26.6. The highest BCUT2D eigenvalue weighted by molar-refractivity contribution is 7.99. The number of nitrogens with zero attached hydrogens (tertiary/aromatic N) is 6. The first-order valence-electron chi connectivity index (χ1n) is 13.2. The van der Waals surface area contributed by atoms with Crippen LogP contribution in [-0.2, 0) is 0 Å². The van der Waals surface area contributed by atoms with Gasteiger partial charge in [-0.2, -0.15) is 9.61 Å². The SMILES string of the molecule is CCC(=O)c1ccc(-c2cnn3c(N)c(C(C)=O)c(C4C[C@H]5CC[C@@H](C4)N5C(=O)N4CCSC4)nc23)cn1. The number of thioether (sulfide) groups is 1. The van der Waals surface area contributed by atoms with Crippen LogP contribution in [0.2, 0.25) is 0 Å². The zero-order valence-corrected chi connectivity index (χ0v) is 22.4. The summed E-state index contributed by atoms with van der Waals surface area (Å²) in [6.45, 7) is 4.12. The number of nitrogen functional groups attached to an aromatic ring is 1. The molecule has 2 bridgehead atoms. The largest absolute Gasteiger partial charge is 0.383 e. The highest BCUT2D eigenvalue weighted by atomic mass is 32.2. The number of ketones is 2. The van der Waals surface area contributed by atoms with Gasteiger partial charge in [0.1, 0.15) is 11.5 Å². The van der Waals surface area contributed by atoms with E-state index in [4.69, 9.17) is 10.7 Å². The van der Waals surface area contributed by atoms with E-state index in [1.54, 1.807) is 30.2 Å². The summed E-state index contributed by atoms with van der Waals surface area (Å²) >= 11 is 1.79. The van der Waals surface area contributed by atoms with Gasteiger partial charge in [0, 0.05) is 54.0 Å². The lowest BCUT2D eigenvalue weighted by Crippen LogP contribution is -2.51. The minimum atomic E-state index is -0.145. The van der Waals surface area contributed by atoms with Crippen molar-refractivity contribution in [2.24, 2.45) is 0 Å². The third-order valence-electron chi connectivity index (χ3n) is 8.11. The van der Waals surface area contributed by atoms with Gasteiger partial charge >= 0.3 is 6.03 Å². The highest BCUT2D eigenvalue weighted by Gasteiger charge is 2.46. The fourth-order valence-electron chi connectivity index (χ4n) is 6.23. The Balaban J connectivity index is 1.37. The van der Waals surface area contributed by atoms with Gasteiger partial charge in [-0.1, -0.05) is 13.0 Å². The molecule has 198 valence electrons. The van der Waals surface area contributed by atoms with Crippen LogP contribution in [0.1, 0.15) is 78.4 Å². The Kier molecular flexibility index (Phi) is 6.33. The minimum Gasteiger partial charge on any atom is -0.383 e. The maximum absolute atomic E-state index is 13.3. The second kappa shape index (κ2) is 9.68. The minimum absolute atomic E-state index is 0.0149. The summed E-state index contributed by atoms with van der Waals surface area (Å²) in [5.74, 6) is 1.87. The van der Waals surface area contributed by atoms with Crippen LogP contribution in [0.4, 0.5) is 10.6 Å². The molecule has 10 nitrogen and oxygen atoms in total. The summed E-state index contributed by atoms with van der Waals surface area (Å²) in [5, 5.41) is 4.44. The van der Waals surface area contributed by atoms with E-state index >= 15 is 0 Å². The van der Waals surface area contributed by atoms with Gasteiger partial charge in [0.15, 0.2) is 17.2 Å². The molecule has 3 fully saturated rings. The Bertz CT molecular complexity index is 1420. The van der Waals surface area contributed by atoms with Crippen molar-refractivity contribution in [2.75, 3.05) is 23.9 Å². The monoisotopic (exact) mass is 533 g/mol. The fourth-order valence-corrected chi connectivity index (χ4v) is 7.17. The molecule has 3 aliphatic rings. The number of rotatable bonds is 5. The topological polar surface area (TPSA) is 127 Å². The van der Waals surface area contributed by atoms with E-state index in [1.807, 2.05) is 17.9 Å². The summed E-state index contributed by atoms with van der Waals surface area (Å²) in [4.78, 5) is 51.5. The summed E-state index contributed by atoms with van der Waals surface area (Å²) in [5.41, 5.74) is 10.1. The van der Waals surface area contributed by atoms with E-state index in [0.717, 1.165) is 55.0 Å². The molecule has 2 amide bonds. The first-order valence-corrected chi connectivity index (χ1v) is 14.4.